The van der Waals surface area contributed by atoms with Crippen LogP contribution in [0.1, 0.15) is 43.4 Å². The first-order valence-corrected chi connectivity index (χ1v) is 12.9. The molecule has 0 saturated heterocycles. The van der Waals surface area contributed by atoms with Gasteiger partial charge in [-0.2, -0.15) is 0 Å². The Morgan fingerprint density at radius 3 is 2.20 bits per heavy atom. The zero-order valence-corrected chi connectivity index (χ0v) is 22.1. The molecule has 0 radical (unpaired) electrons. The number of para-hydroxylation sites is 1. The number of carbonyl (C=O) groups is 1. The van der Waals surface area contributed by atoms with Crippen LogP contribution in [0.4, 0.5) is 0 Å². The second kappa shape index (κ2) is 12.3. The summed E-state index contributed by atoms with van der Waals surface area (Å²) < 4.78 is 10.5. The van der Waals surface area contributed by atoms with Gasteiger partial charge in [-0.25, -0.2) is 0 Å². The summed E-state index contributed by atoms with van der Waals surface area (Å²) in [6.45, 7) is 7.64. The Labute approximate surface area is 213 Å². The Kier molecular flexibility index (Phi) is 9.41. The molecule has 186 valence electrons. The zero-order chi connectivity index (χ0) is 25.4. The van der Waals surface area contributed by atoms with Gasteiger partial charge in [0.15, 0.2) is 0 Å². The fourth-order valence-electron chi connectivity index (χ4n) is 4.27. The van der Waals surface area contributed by atoms with Crippen molar-refractivity contribution in [2.24, 2.45) is 5.92 Å². The van der Waals surface area contributed by atoms with Crippen molar-refractivity contribution in [2.45, 2.75) is 62.7 Å². The lowest BCUT2D eigenvalue weighted by molar-refractivity contribution is -0.142. The van der Waals surface area contributed by atoms with Gasteiger partial charge in [-0.3, -0.25) is 4.79 Å². The second-order valence-corrected chi connectivity index (χ2v) is 10.9. The summed E-state index contributed by atoms with van der Waals surface area (Å²) in [5.74, 6) is 0.248. The molecular formula is C30H36O4S. The van der Waals surface area contributed by atoms with Crippen LogP contribution in [0.5, 0.6) is 11.5 Å². The molecule has 0 fully saturated rings. The Hall–Kier alpha value is -2.76. The van der Waals surface area contributed by atoms with Gasteiger partial charge < -0.3 is 14.6 Å². The van der Waals surface area contributed by atoms with Crippen LogP contribution in [0.2, 0.25) is 0 Å². The molecule has 0 aliphatic carbocycles. The van der Waals surface area contributed by atoms with Crippen molar-refractivity contribution in [1.29, 1.82) is 0 Å². The largest absolute Gasteiger partial charge is 0.497 e. The van der Waals surface area contributed by atoms with E-state index < -0.39 is 22.7 Å². The monoisotopic (exact) mass is 492 g/mol. The minimum absolute atomic E-state index is 0.417. The number of benzene rings is 3. The fourth-order valence-corrected chi connectivity index (χ4v) is 5.65. The molecule has 0 aliphatic heterocycles. The summed E-state index contributed by atoms with van der Waals surface area (Å²) in [5, 5.41) is 11.5. The number of hydrogen-bond donors (Lipinski definition) is 1. The van der Waals surface area contributed by atoms with Crippen LogP contribution in [0, 0.1) is 19.8 Å². The first-order chi connectivity index (χ1) is 16.7. The maximum absolute atomic E-state index is 13.1. The average molecular weight is 493 g/mol. The van der Waals surface area contributed by atoms with E-state index in [-0.39, 0.29) is 0 Å². The Bertz CT molecular complexity index is 1080. The summed E-state index contributed by atoms with van der Waals surface area (Å²) in [6, 6.07) is 23.9. The zero-order valence-electron chi connectivity index (χ0n) is 21.3. The molecule has 0 unspecified atom stereocenters. The van der Waals surface area contributed by atoms with Gasteiger partial charge in [0.2, 0.25) is 0 Å². The summed E-state index contributed by atoms with van der Waals surface area (Å²) in [6.07, 6.45) is 1.63. The maximum Gasteiger partial charge on any atom is 0.316 e. The topological polar surface area (TPSA) is 55.8 Å². The van der Waals surface area contributed by atoms with Crippen molar-refractivity contribution in [3.05, 3.63) is 89.5 Å². The van der Waals surface area contributed by atoms with Gasteiger partial charge in [0, 0.05) is 9.64 Å². The maximum atomic E-state index is 13.1. The van der Waals surface area contributed by atoms with Crippen molar-refractivity contribution < 1.29 is 19.4 Å². The lowest BCUT2D eigenvalue weighted by Crippen LogP contribution is -2.44. The van der Waals surface area contributed by atoms with E-state index in [1.54, 1.807) is 25.8 Å². The van der Waals surface area contributed by atoms with Gasteiger partial charge >= 0.3 is 5.97 Å². The third-order valence-electron chi connectivity index (χ3n) is 6.47. The van der Waals surface area contributed by atoms with Gasteiger partial charge in [-0.05, 0) is 87.9 Å². The number of esters is 1. The number of rotatable bonds is 11. The summed E-state index contributed by atoms with van der Waals surface area (Å²) in [7, 11) is 1.64. The minimum Gasteiger partial charge on any atom is -0.497 e. The van der Waals surface area contributed by atoms with Crippen LogP contribution >= 0.6 is 11.8 Å². The highest BCUT2D eigenvalue weighted by Crippen LogP contribution is 2.42. The Balaban J connectivity index is 1.78. The minimum atomic E-state index is -0.901. The SMILES string of the molecule is COc1ccc(S[C@](C)(CCCc2ccccc2)[C@H](O)[C@H](C)C(=O)Oc2c(C)cccc2C)cc1. The normalized spacial score (nSPS) is 14.6. The van der Waals surface area contributed by atoms with Crippen molar-refractivity contribution in [3.63, 3.8) is 0 Å². The number of ether oxygens (including phenoxy) is 2. The van der Waals surface area contributed by atoms with E-state index in [0.717, 1.165) is 41.0 Å². The summed E-state index contributed by atoms with van der Waals surface area (Å²) in [5.41, 5.74) is 3.07. The molecule has 0 bridgehead atoms. The molecule has 4 nitrogen and oxygen atoms in total. The highest BCUT2D eigenvalue weighted by atomic mass is 32.2. The van der Waals surface area contributed by atoms with Crippen molar-refractivity contribution in [1.82, 2.24) is 0 Å². The van der Waals surface area contributed by atoms with Crippen LogP contribution in [0.15, 0.2) is 77.7 Å². The molecule has 0 aliphatic rings. The van der Waals surface area contributed by atoms with E-state index in [1.807, 2.05) is 81.4 Å². The van der Waals surface area contributed by atoms with Crippen LogP contribution in [-0.2, 0) is 11.2 Å². The van der Waals surface area contributed by atoms with Crippen LogP contribution in [0.25, 0.3) is 0 Å². The summed E-state index contributed by atoms with van der Waals surface area (Å²) in [4.78, 5) is 14.1. The molecule has 3 aromatic carbocycles. The number of carbonyl (C=O) groups excluding carboxylic acids is 1. The Morgan fingerprint density at radius 2 is 1.60 bits per heavy atom. The second-order valence-electron chi connectivity index (χ2n) is 9.30. The molecule has 1 N–H and O–H groups in total. The number of aliphatic hydroxyl groups is 1. The molecule has 3 atom stereocenters. The molecule has 35 heavy (non-hydrogen) atoms. The fraction of sp³-hybridized carbons (Fsp3) is 0.367. The third-order valence-corrected chi connectivity index (χ3v) is 7.89. The van der Waals surface area contributed by atoms with Crippen molar-refractivity contribution >= 4 is 17.7 Å². The van der Waals surface area contributed by atoms with Gasteiger partial charge in [0.05, 0.1) is 19.1 Å². The van der Waals surface area contributed by atoms with Crippen molar-refractivity contribution in [2.75, 3.05) is 7.11 Å². The van der Waals surface area contributed by atoms with E-state index in [9.17, 15) is 9.90 Å². The molecule has 0 amide bonds. The predicted molar refractivity (Wildman–Crippen MR) is 143 cm³/mol. The van der Waals surface area contributed by atoms with E-state index in [4.69, 9.17) is 9.47 Å². The van der Waals surface area contributed by atoms with E-state index in [1.165, 1.54) is 5.56 Å². The molecule has 0 spiro atoms. The molecule has 3 aromatic rings. The molecular weight excluding hydrogens is 456 g/mol. The van der Waals surface area contributed by atoms with Crippen LogP contribution < -0.4 is 9.47 Å². The van der Waals surface area contributed by atoms with Gasteiger partial charge in [-0.15, -0.1) is 11.8 Å². The number of aryl methyl sites for hydroxylation is 3. The van der Waals surface area contributed by atoms with Crippen LogP contribution in [-0.4, -0.2) is 29.0 Å². The standard InChI is InChI=1S/C30H36O4S/c1-21-11-9-12-22(2)27(21)34-29(32)23(3)28(31)30(4,20-10-15-24-13-7-6-8-14-24)35-26-18-16-25(33-5)17-19-26/h6-9,11-14,16-19,23,28,31H,10,15,20H2,1-5H3/t23-,28+,30+/m0/s1. The van der Waals surface area contributed by atoms with E-state index >= 15 is 0 Å². The quantitative estimate of drug-likeness (QED) is 0.181. The highest BCUT2D eigenvalue weighted by molar-refractivity contribution is 8.00. The predicted octanol–water partition coefficient (Wildman–Crippen LogP) is 6.79. The average Bonchev–Trinajstić information content (AvgIpc) is 2.86. The third kappa shape index (κ3) is 7.12. The Morgan fingerprint density at radius 1 is 0.971 bits per heavy atom. The van der Waals surface area contributed by atoms with E-state index in [0.29, 0.717) is 5.75 Å². The smallest absolute Gasteiger partial charge is 0.316 e. The van der Waals surface area contributed by atoms with Gasteiger partial charge in [0.1, 0.15) is 11.5 Å². The van der Waals surface area contributed by atoms with E-state index in [2.05, 4.69) is 12.1 Å². The molecule has 0 aromatic heterocycles. The first kappa shape index (κ1) is 26.8. The molecule has 0 heterocycles. The highest BCUT2D eigenvalue weighted by Gasteiger charge is 2.40. The number of thioether (sulfide) groups is 1. The van der Waals surface area contributed by atoms with Gasteiger partial charge in [-0.1, -0.05) is 48.5 Å². The van der Waals surface area contributed by atoms with Crippen molar-refractivity contribution in [3.8, 4) is 11.5 Å². The molecule has 0 saturated carbocycles. The lowest BCUT2D eigenvalue weighted by atomic mass is 9.88. The number of methoxy groups -OCH3 is 1. The summed E-state index contributed by atoms with van der Waals surface area (Å²) >= 11 is 1.60. The molecule has 5 heteroatoms. The van der Waals surface area contributed by atoms with Gasteiger partial charge in [0.25, 0.3) is 0 Å². The molecule has 3 rings (SSSR count). The number of hydrogen-bond acceptors (Lipinski definition) is 5. The number of aliphatic hydroxyl groups excluding tert-OH is 1. The van der Waals surface area contributed by atoms with Crippen LogP contribution in [0.3, 0.4) is 0 Å². The lowest BCUT2D eigenvalue weighted by Gasteiger charge is -2.37. The first-order valence-electron chi connectivity index (χ1n) is 12.1.